The third-order valence-corrected chi connectivity index (χ3v) is 6.35. The standard InChI is InChI=1S/C19H25N3O4/c1-11-15(2-3-26-11)17(24)22-21-16(23)10-20-18(25)19-7-12-4-13(8-19)6-14(5-12)9-19/h2-3,12-14H,4-10H2,1H3,(H,20,25)(H,21,23)(H,22,24). The average molecular weight is 359 g/mol. The molecule has 0 radical (unpaired) electrons. The summed E-state index contributed by atoms with van der Waals surface area (Å²) < 4.78 is 5.06. The molecule has 1 aromatic rings. The van der Waals surface area contributed by atoms with Crippen LogP contribution in [0.3, 0.4) is 0 Å². The monoisotopic (exact) mass is 359 g/mol. The third kappa shape index (κ3) is 3.10. The highest BCUT2D eigenvalue weighted by atomic mass is 16.3. The molecule has 0 saturated heterocycles. The molecule has 26 heavy (non-hydrogen) atoms. The topological polar surface area (TPSA) is 100 Å². The van der Waals surface area contributed by atoms with Crippen LogP contribution >= 0.6 is 0 Å². The van der Waals surface area contributed by atoms with Crippen LogP contribution in [0, 0.1) is 30.1 Å². The number of aryl methyl sites for hydroxylation is 1. The van der Waals surface area contributed by atoms with Crippen molar-refractivity contribution in [2.45, 2.75) is 45.4 Å². The predicted molar refractivity (Wildman–Crippen MR) is 92.7 cm³/mol. The molecule has 0 spiro atoms. The molecule has 4 aliphatic carbocycles. The van der Waals surface area contributed by atoms with Crippen LogP contribution in [0.4, 0.5) is 0 Å². The van der Waals surface area contributed by atoms with E-state index in [1.165, 1.54) is 31.6 Å². The van der Waals surface area contributed by atoms with E-state index in [1.807, 2.05) is 0 Å². The number of nitrogens with one attached hydrogen (secondary N) is 3. The van der Waals surface area contributed by atoms with Crippen molar-refractivity contribution in [1.29, 1.82) is 0 Å². The first-order valence-corrected chi connectivity index (χ1v) is 9.37. The van der Waals surface area contributed by atoms with Gasteiger partial charge in [0.15, 0.2) is 0 Å². The first kappa shape index (κ1) is 17.1. The summed E-state index contributed by atoms with van der Waals surface area (Å²) in [6.45, 7) is 1.54. The number of carbonyl (C=O) groups excluding carboxylic acids is 3. The Balaban J connectivity index is 1.26. The van der Waals surface area contributed by atoms with Crippen molar-refractivity contribution in [3.05, 3.63) is 23.7 Å². The van der Waals surface area contributed by atoms with Crippen LogP contribution in [0.2, 0.25) is 0 Å². The first-order chi connectivity index (χ1) is 12.4. The van der Waals surface area contributed by atoms with Gasteiger partial charge in [0.05, 0.1) is 18.4 Å². The van der Waals surface area contributed by atoms with Gasteiger partial charge in [0.2, 0.25) is 5.91 Å². The molecule has 4 aliphatic rings. The van der Waals surface area contributed by atoms with Crippen LogP contribution in [0.1, 0.15) is 54.6 Å². The van der Waals surface area contributed by atoms with E-state index in [0.29, 0.717) is 29.1 Å². The molecule has 7 heteroatoms. The summed E-state index contributed by atoms with van der Waals surface area (Å²) in [6, 6.07) is 1.53. The third-order valence-electron chi connectivity index (χ3n) is 6.35. The molecule has 0 aromatic carbocycles. The van der Waals surface area contributed by atoms with E-state index in [-0.39, 0.29) is 17.9 Å². The fourth-order valence-electron chi connectivity index (χ4n) is 5.60. The molecule has 7 nitrogen and oxygen atoms in total. The largest absolute Gasteiger partial charge is 0.469 e. The molecule has 3 amide bonds. The van der Waals surface area contributed by atoms with Gasteiger partial charge >= 0.3 is 0 Å². The number of amides is 3. The smallest absolute Gasteiger partial charge is 0.273 e. The van der Waals surface area contributed by atoms with Gasteiger partial charge in [0.1, 0.15) is 5.76 Å². The molecule has 1 heterocycles. The Morgan fingerprint density at radius 2 is 1.69 bits per heavy atom. The first-order valence-electron chi connectivity index (χ1n) is 9.37. The lowest BCUT2D eigenvalue weighted by molar-refractivity contribution is -0.147. The maximum atomic E-state index is 12.8. The molecule has 0 aliphatic heterocycles. The van der Waals surface area contributed by atoms with Crippen LogP contribution in [0.15, 0.2) is 16.7 Å². The summed E-state index contributed by atoms with van der Waals surface area (Å²) in [4.78, 5) is 36.7. The fraction of sp³-hybridized carbons (Fsp3) is 0.632. The van der Waals surface area contributed by atoms with Gasteiger partial charge in [-0.15, -0.1) is 0 Å². The van der Waals surface area contributed by atoms with Crippen LogP contribution in [0.25, 0.3) is 0 Å². The van der Waals surface area contributed by atoms with E-state index in [2.05, 4.69) is 16.2 Å². The van der Waals surface area contributed by atoms with E-state index < -0.39 is 11.8 Å². The highest BCUT2D eigenvalue weighted by molar-refractivity contribution is 5.96. The van der Waals surface area contributed by atoms with E-state index >= 15 is 0 Å². The molecule has 4 bridgehead atoms. The van der Waals surface area contributed by atoms with Crippen molar-refractivity contribution in [3.63, 3.8) is 0 Å². The summed E-state index contributed by atoms with van der Waals surface area (Å²) >= 11 is 0. The quantitative estimate of drug-likeness (QED) is 0.712. The second-order valence-electron chi connectivity index (χ2n) is 8.27. The lowest BCUT2D eigenvalue weighted by Gasteiger charge is -2.55. The lowest BCUT2D eigenvalue weighted by Crippen LogP contribution is -2.55. The second kappa shape index (κ2) is 6.45. The maximum absolute atomic E-state index is 12.8. The summed E-state index contributed by atoms with van der Waals surface area (Å²) in [5, 5.41) is 2.79. The number of hydrogen-bond donors (Lipinski definition) is 3. The van der Waals surface area contributed by atoms with E-state index in [1.54, 1.807) is 6.92 Å². The molecule has 4 saturated carbocycles. The molecule has 5 rings (SSSR count). The molecule has 140 valence electrons. The molecule has 0 atom stereocenters. The molecule has 1 aromatic heterocycles. The number of hydrazine groups is 1. The Labute approximate surface area is 152 Å². The highest BCUT2D eigenvalue weighted by Crippen LogP contribution is 2.60. The minimum atomic E-state index is -0.447. The fourth-order valence-corrected chi connectivity index (χ4v) is 5.60. The summed E-state index contributed by atoms with van der Waals surface area (Å²) in [7, 11) is 0. The van der Waals surface area contributed by atoms with E-state index in [4.69, 9.17) is 4.42 Å². The van der Waals surface area contributed by atoms with E-state index in [0.717, 1.165) is 19.3 Å². The molecule has 0 unspecified atom stereocenters. The maximum Gasteiger partial charge on any atom is 0.273 e. The number of carbonyl (C=O) groups is 3. The van der Waals surface area contributed by atoms with Crippen LogP contribution in [-0.2, 0) is 9.59 Å². The normalized spacial score (nSPS) is 31.5. The van der Waals surface area contributed by atoms with Crippen molar-refractivity contribution < 1.29 is 18.8 Å². The lowest BCUT2D eigenvalue weighted by atomic mass is 9.49. The Kier molecular flexibility index (Phi) is 4.25. The number of hydrogen-bond acceptors (Lipinski definition) is 4. The zero-order valence-corrected chi connectivity index (χ0v) is 15.0. The van der Waals surface area contributed by atoms with Gasteiger partial charge in [-0.1, -0.05) is 0 Å². The highest BCUT2D eigenvalue weighted by Gasteiger charge is 2.54. The molecule has 4 fully saturated rings. The van der Waals surface area contributed by atoms with Gasteiger partial charge in [-0.2, -0.15) is 0 Å². The average Bonchev–Trinajstić information content (AvgIpc) is 3.02. The summed E-state index contributed by atoms with van der Waals surface area (Å²) in [6.07, 6.45) is 8.11. The van der Waals surface area contributed by atoms with Crippen LogP contribution in [-0.4, -0.2) is 24.3 Å². The Morgan fingerprint density at radius 1 is 1.08 bits per heavy atom. The van der Waals surface area contributed by atoms with Gasteiger partial charge < -0.3 is 9.73 Å². The van der Waals surface area contributed by atoms with Gasteiger partial charge in [0, 0.05) is 5.41 Å². The molecular weight excluding hydrogens is 334 g/mol. The SMILES string of the molecule is Cc1occc1C(=O)NNC(=O)CNC(=O)C12CC3CC(CC(C3)C1)C2. The summed E-state index contributed by atoms with van der Waals surface area (Å²) in [5.74, 6) is 1.63. The number of rotatable bonds is 4. The minimum Gasteiger partial charge on any atom is -0.469 e. The Bertz CT molecular complexity index is 704. The van der Waals surface area contributed by atoms with Crippen LogP contribution in [0.5, 0.6) is 0 Å². The zero-order chi connectivity index (χ0) is 18.3. The number of furan rings is 1. The molecular formula is C19H25N3O4. The van der Waals surface area contributed by atoms with Crippen molar-refractivity contribution in [2.24, 2.45) is 23.2 Å². The Hall–Kier alpha value is -2.31. The molecule has 3 N–H and O–H groups in total. The minimum absolute atomic E-state index is 0.00348. The summed E-state index contributed by atoms with van der Waals surface area (Å²) in [5.41, 5.74) is 4.76. The van der Waals surface area contributed by atoms with Gasteiger partial charge in [-0.25, -0.2) is 0 Å². The second-order valence-corrected chi connectivity index (χ2v) is 8.27. The van der Waals surface area contributed by atoms with Crippen LogP contribution < -0.4 is 16.2 Å². The van der Waals surface area contributed by atoms with Crippen molar-refractivity contribution in [3.8, 4) is 0 Å². The van der Waals surface area contributed by atoms with Gasteiger partial charge in [0.25, 0.3) is 11.8 Å². The van der Waals surface area contributed by atoms with Crippen molar-refractivity contribution >= 4 is 17.7 Å². The van der Waals surface area contributed by atoms with Gasteiger partial charge in [-0.05, 0) is 69.3 Å². The zero-order valence-electron chi connectivity index (χ0n) is 15.0. The Morgan fingerprint density at radius 3 is 2.23 bits per heavy atom. The van der Waals surface area contributed by atoms with E-state index in [9.17, 15) is 14.4 Å². The predicted octanol–water partition coefficient (Wildman–Crippen LogP) is 1.68. The van der Waals surface area contributed by atoms with Crippen molar-refractivity contribution in [1.82, 2.24) is 16.2 Å². The van der Waals surface area contributed by atoms with Crippen molar-refractivity contribution in [2.75, 3.05) is 6.54 Å². The van der Waals surface area contributed by atoms with Gasteiger partial charge in [-0.3, -0.25) is 25.2 Å².